The van der Waals surface area contributed by atoms with E-state index in [1.165, 1.54) is 0 Å². The molecule has 3 aliphatic rings. The van der Waals surface area contributed by atoms with Crippen LogP contribution in [0.3, 0.4) is 0 Å². The summed E-state index contributed by atoms with van der Waals surface area (Å²) in [4.78, 5) is 9.55. The van der Waals surface area contributed by atoms with Gasteiger partial charge in [0, 0.05) is 17.7 Å². The average molecular weight is 816 g/mol. The van der Waals surface area contributed by atoms with Crippen LogP contribution >= 0.6 is 41.1 Å². The summed E-state index contributed by atoms with van der Waals surface area (Å²) >= 11 is 7.91. The van der Waals surface area contributed by atoms with Crippen LogP contribution in [0.2, 0.25) is 0 Å². The molecule has 2 aromatic heterocycles. The van der Waals surface area contributed by atoms with Gasteiger partial charge in [0.05, 0.1) is 11.4 Å². The zero-order chi connectivity index (χ0) is 36.9. The zero-order valence-corrected chi connectivity index (χ0v) is 33.2. The van der Waals surface area contributed by atoms with Gasteiger partial charge in [0.2, 0.25) is 0 Å². The van der Waals surface area contributed by atoms with Crippen molar-refractivity contribution in [3.05, 3.63) is 182 Å². The highest BCUT2D eigenvalue weighted by molar-refractivity contribution is 7.96. The molecule has 5 heterocycles. The number of hydrogen-bond donors (Lipinski definition) is 0. The van der Waals surface area contributed by atoms with Gasteiger partial charge < -0.3 is 13.6 Å². The Morgan fingerprint density at radius 3 is 1.51 bits per heavy atom. The molecule has 7 aromatic rings. The van der Waals surface area contributed by atoms with Crippen LogP contribution in [-0.2, 0) is 0 Å². The van der Waals surface area contributed by atoms with E-state index in [9.17, 15) is 0 Å². The molecule has 0 fully saturated rings. The van der Waals surface area contributed by atoms with E-state index in [2.05, 4.69) is 54.6 Å². The molecule has 0 bridgehead atoms. The van der Waals surface area contributed by atoms with E-state index in [-0.39, 0.29) is 0 Å². The van der Waals surface area contributed by atoms with E-state index < -0.39 is 29.9 Å². The summed E-state index contributed by atoms with van der Waals surface area (Å²) in [5.41, 5.74) is 1.51. The molecule has 0 saturated carbocycles. The smallest absolute Gasteiger partial charge is 0.370 e. The van der Waals surface area contributed by atoms with Crippen molar-refractivity contribution in [3.63, 3.8) is 0 Å². The Labute approximate surface area is 324 Å². The van der Waals surface area contributed by atoms with Gasteiger partial charge in [0.25, 0.3) is 0 Å². The van der Waals surface area contributed by atoms with Gasteiger partial charge in [-0.3, -0.25) is 0 Å². The van der Waals surface area contributed by atoms with E-state index in [1.807, 2.05) is 125 Å². The van der Waals surface area contributed by atoms with Gasteiger partial charge in [-0.2, -0.15) is 0 Å². The van der Waals surface area contributed by atoms with Gasteiger partial charge >= 0.3 is 22.0 Å². The molecule has 15 heteroatoms. The molecule has 0 N–H and O–H groups in total. The van der Waals surface area contributed by atoms with E-state index in [1.54, 1.807) is 12.4 Å². The highest BCUT2D eigenvalue weighted by Gasteiger charge is 2.55. The number of pyridine rings is 2. The lowest BCUT2D eigenvalue weighted by Crippen LogP contribution is -2.22. The Balaban J connectivity index is 1.24. The quantitative estimate of drug-likeness (QED) is 0.148. The third-order valence-corrected chi connectivity index (χ3v) is 21.5. The second-order valence-corrected chi connectivity index (χ2v) is 22.5. The average Bonchev–Trinajstić information content (AvgIpc) is 3.69. The van der Waals surface area contributed by atoms with E-state index >= 15 is 0 Å². The number of rotatable bonds is 7. The maximum atomic E-state index is 7.91. The van der Waals surface area contributed by atoms with Gasteiger partial charge in [-0.25, -0.2) is 19.3 Å². The lowest BCUT2D eigenvalue weighted by atomic mass is 10.3. The third kappa shape index (κ3) is 6.06. The fourth-order valence-corrected chi connectivity index (χ4v) is 21.1. The summed E-state index contributed by atoms with van der Waals surface area (Å²) in [6.07, 6.45) is 3.47. The normalized spacial score (nSPS) is 21.9. The highest BCUT2D eigenvalue weighted by atomic mass is 35.7. The number of nitrogens with zero attached hydrogens (tertiary/aromatic N) is 7. The Kier molecular flexibility index (Phi) is 8.63. The number of hydrogen-bond acceptors (Lipinski definition) is 10. The summed E-state index contributed by atoms with van der Waals surface area (Å²) < 4.78 is 41.3. The molecule has 55 heavy (non-hydrogen) atoms. The summed E-state index contributed by atoms with van der Waals surface area (Å²) in [5.74, 6) is 2.94. The Morgan fingerprint density at radius 2 is 0.964 bits per heavy atom. The molecule has 270 valence electrons. The number of benzene rings is 5. The molecule has 0 aliphatic carbocycles. The molecule has 0 amide bonds. The molecular formula is C40H30ClN7O3P4. The second kappa shape index (κ2) is 13.8. The largest absolute Gasteiger partial charge is 0.430 e. The van der Waals surface area contributed by atoms with Gasteiger partial charge in [0.15, 0.2) is 11.5 Å². The lowest BCUT2D eigenvalue weighted by molar-refractivity contribution is 0.601. The van der Waals surface area contributed by atoms with Crippen LogP contribution < -0.4 is 38.8 Å². The number of para-hydroxylation sites is 5. The zero-order valence-electron chi connectivity index (χ0n) is 28.8. The SMILES string of the molecule is ClP1(Oc2ccccc2P(c2ccccc2)c2ccccc2)=NP2(=NP3(=N1)Oc1ccccc1N3c1ccccn1)Oc1ccccc1N2c1ccccn1. The fourth-order valence-electron chi connectivity index (χ4n) is 6.70. The van der Waals surface area contributed by atoms with Crippen LogP contribution in [0.4, 0.5) is 23.0 Å². The van der Waals surface area contributed by atoms with Crippen LogP contribution in [0.1, 0.15) is 0 Å². The maximum Gasteiger partial charge on any atom is 0.370 e. The van der Waals surface area contributed by atoms with E-state index in [0.717, 1.165) is 27.3 Å². The number of anilines is 4. The Bertz CT molecular complexity index is 2590. The minimum Gasteiger partial charge on any atom is -0.430 e. The summed E-state index contributed by atoms with van der Waals surface area (Å²) in [6, 6.07) is 55.8. The van der Waals surface area contributed by atoms with Crippen LogP contribution in [0.25, 0.3) is 0 Å². The van der Waals surface area contributed by atoms with Crippen LogP contribution in [0.5, 0.6) is 17.2 Å². The molecule has 0 radical (unpaired) electrons. The van der Waals surface area contributed by atoms with E-state index in [4.69, 9.17) is 48.3 Å². The number of halogens is 1. The van der Waals surface area contributed by atoms with Crippen molar-refractivity contribution < 1.29 is 13.6 Å². The van der Waals surface area contributed by atoms with Crippen molar-refractivity contribution in [2.24, 2.45) is 13.5 Å². The second-order valence-electron chi connectivity index (χ2n) is 12.5. The molecule has 0 saturated heterocycles. The van der Waals surface area contributed by atoms with Crippen molar-refractivity contribution in [2.75, 3.05) is 9.34 Å². The van der Waals surface area contributed by atoms with Crippen molar-refractivity contribution in [3.8, 4) is 17.2 Å². The third-order valence-electron chi connectivity index (χ3n) is 8.92. The Morgan fingerprint density at radius 1 is 0.491 bits per heavy atom. The van der Waals surface area contributed by atoms with Crippen molar-refractivity contribution in [1.29, 1.82) is 0 Å². The first-order chi connectivity index (χ1) is 27.0. The molecule has 3 aliphatic heterocycles. The first kappa shape index (κ1) is 34.3. The molecule has 10 rings (SSSR count). The monoisotopic (exact) mass is 815 g/mol. The minimum atomic E-state index is -3.79. The Hall–Kier alpha value is -5.19. The first-order valence-corrected chi connectivity index (χ1v) is 24.3. The first-order valence-electron chi connectivity index (χ1n) is 17.3. The fraction of sp³-hybridized carbons (Fsp3) is 0. The predicted molar refractivity (Wildman–Crippen MR) is 227 cm³/mol. The molecule has 2 spiro atoms. The highest BCUT2D eigenvalue weighted by Crippen LogP contribution is 2.86. The molecular weight excluding hydrogens is 786 g/mol. The van der Waals surface area contributed by atoms with Crippen molar-refractivity contribution >= 4 is 80.0 Å². The minimum absolute atomic E-state index is 0.567. The predicted octanol–water partition coefficient (Wildman–Crippen LogP) is 12.2. The molecule has 3 atom stereocenters. The molecule has 3 unspecified atom stereocenters. The van der Waals surface area contributed by atoms with Crippen molar-refractivity contribution in [1.82, 2.24) is 9.97 Å². The topological polar surface area (TPSA) is 97.0 Å². The van der Waals surface area contributed by atoms with Crippen molar-refractivity contribution in [2.45, 2.75) is 0 Å². The lowest BCUT2D eigenvalue weighted by Gasteiger charge is -2.35. The van der Waals surface area contributed by atoms with Crippen LogP contribution in [0.15, 0.2) is 196 Å². The van der Waals surface area contributed by atoms with Crippen LogP contribution in [0, 0.1) is 0 Å². The summed E-state index contributed by atoms with van der Waals surface area (Å²) in [6.45, 7) is -3.79. The van der Waals surface area contributed by atoms with Gasteiger partial charge in [-0.1, -0.05) is 115 Å². The number of fused-ring (bicyclic) bond motifs is 2. The van der Waals surface area contributed by atoms with Gasteiger partial charge in [-0.05, 0) is 84.4 Å². The molecule has 10 nitrogen and oxygen atoms in total. The summed E-state index contributed by atoms with van der Waals surface area (Å²) in [5, 5.41) is 3.29. The van der Waals surface area contributed by atoms with Crippen LogP contribution in [-0.4, -0.2) is 9.97 Å². The standard InChI is InChI=1S/C40H30ClN7O3P4/c41-53(49-37-25-11-12-26-38(37)52(31-17-3-1-4-18-31)32-19-5-2-6-20-32)44-54(47(39-27-13-15-29-42-39)33-21-7-9-23-35(33)50-54)46-55(45-53)48(40-28-14-16-30-43-40)34-22-8-10-24-36(34)51-55/h1-30H. The molecule has 5 aromatic carbocycles. The maximum absolute atomic E-state index is 7.91. The van der Waals surface area contributed by atoms with Gasteiger partial charge in [0.1, 0.15) is 17.4 Å². The summed E-state index contributed by atoms with van der Waals surface area (Å²) in [7, 11) is -8.26. The van der Waals surface area contributed by atoms with E-state index in [0.29, 0.717) is 28.9 Å². The van der Waals surface area contributed by atoms with Gasteiger partial charge in [-0.15, -0.1) is 13.5 Å². The number of aromatic nitrogens is 2.